The number of hydrogen-bond acceptors (Lipinski definition) is 4. The van der Waals surface area contributed by atoms with Crippen LogP contribution in [0, 0.1) is 32.6 Å². The molecule has 138 valence electrons. The van der Waals surface area contributed by atoms with Crippen LogP contribution in [0.25, 0.3) is 5.57 Å². The highest BCUT2D eigenvalue weighted by Crippen LogP contribution is 2.57. The van der Waals surface area contributed by atoms with Crippen molar-refractivity contribution in [3.8, 4) is 0 Å². The van der Waals surface area contributed by atoms with Crippen LogP contribution in [-0.2, 0) is 9.53 Å². The number of aryl methyl sites for hydroxylation is 3. The summed E-state index contributed by atoms with van der Waals surface area (Å²) in [6.07, 6.45) is 3.88. The van der Waals surface area contributed by atoms with Gasteiger partial charge in [-0.25, -0.2) is 0 Å². The van der Waals surface area contributed by atoms with Gasteiger partial charge in [-0.05, 0) is 42.7 Å². The van der Waals surface area contributed by atoms with Crippen molar-refractivity contribution in [1.29, 1.82) is 0 Å². The highest BCUT2D eigenvalue weighted by molar-refractivity contribution is 7.99. The molecule has 2 aliphatic heterocycles. The largest absolute Gasteiger partial charge is 0.511 e. The standard InChI is InChI=1S/C22H26O3S/c1-11(2)26-10-22-7-6-15(25-22)17-19(22)21(24)18(20(17)23)16-13(4)8-12(3)9-14(16)5/h6-9,11,15,17,19,24H,10H2,1-5H3/t15-,17-,19+,22-/m0/s1. The molecule has 1 N–H and O–H groups in total. The van der Waals surface area contributed by atoms with Crippen LogP contribution in [0.15, 0.2) is 30.0 Å². The lowest BCUT2D eigenvalue weighted by Crippen LogP contribution is -2.38. The zero-order valence-corrected chi connectivity index (χ0v) is 16.8. The zero-order chi connectivity index (χ0) is 18.8. The van der Waals surface area contributed by atoms with Gasteiger partial charge in [0.15, 0.2) is 5.78 Å². The lowest BCUT2D eigenvalue weighted by atomic mass is 9.77. The number of ether oxygens (including phenoxy) is 1. The molecule has 3 nitrogen and oxygen atoms in total. The summed E-state index contributed by atoms with van der Waals surface area (Å²) in [5, 5.41) is 11.7. The minimum atomic E-state index is -0.557. The number of Topliss-reactive ketones (excluding diaryl/α,β-unsaturated/α-hetero) is 1. The van der Waals surface area contributed by atoms with Crippen molar-refractivity contribution in [3.63, 3.8) is 0 Å². The SMILES string of the molecule is Cc1cc(C)c(C2=C(O)[C@H]3[C@@H](C2=O)[C@@H]2C=C[C@@]3(CSC(C)C)O2)c(C)c1. The summed E-state index contributed by atoms with van der Waals surface area (Å²) >= 11 is 1.81. The Morgan fingerprint density at radius 1 is 1.23 bits per heavy atom. The van der Waals surface area contributed by atoms with Crippen LogP contribution >= 0.6 is 11.8 Å². The second-order valence-corrected chi connectivity index (χ2v) is 9.72. The molecule has 2 bridgehead atoms. The normalized spacial score (nSPS) is 32.2. The fourth-order valence-electron chi connectivity index (χ4n) is 4.90. The van der Waals surface area contributed by atoms with Crippen molar-refractivity contribution in [2.24, 2.45) is 11.8 Å². The molecule has 1 fully saturated rings. The number of carbonyl (C=O) groups is 1. The van der Waals surface area contributed by atoms with E-state index in [1.165, 1.54) is 5.56 Å². The number of rotatable bonds is 4. The van der Waals surface area contributed by atoms with Crippen molar-refractivity contribution < 1.29 is 14.6 Å². The molecule has 0 aromatic heterocycles. The van der Waals surface area contributed by atoms with Gasteiger partial charge in [-0.3, -0.25) is 4.79 Å². The van der Waals surface area contributed by atoms with Gasteiger partial charge in [0.25, 0.3) is 0 Å². The molecule has 0 saturated carbocycles. The lowest BCUT2D eigenvalue weighted by molar-refractivity contribution is -0.118. The van der Waals surface area contributed by atoms with Crippen LogP contribution in [0.2, 0.25) is 0 Å². The molecule has 1 aromatic rings. The molecule has 4 rings (SSSR count). The van der Waals surface area contributed by atoms with Crippen molar-refractivity contribution in [1.82, 2.24) is 0 Å². The summed E-state index contributed by atoms with van der Waals surface area (Å²) < 4.78 is 6.24. The minimum Gasteiger partial charge on any atom is -0.511 e. The van der Waals surface area contributed by atoms with Crippen molar-refractivity contribution in [2.45, 2.75) is 51.6 Å². The predicted molar refractivity (Wildman–Crippen MR) is 107 cm³/mol. The Morgan fingerprint density at radius 3 is 2.50 bits per heavy atom. The Hall–Kier alpha value is -1.52. The molecule has 0 unspecified atom stereocenters. The maximum atomic E-state index is 13.3. The number of benzene rings is 1. The Balaban J connectivity index is 1.80. The van der Waals surface area contributed by atoms with Gasteiger partial charge in [-0.1, -0.05) is 43.7 Å². The van der Waals surface area contributed by atoms with E-state index in [-0.39, 0.29) is 29.5 Å². The first-order valence-electron chi connectivity index (χ1n) is 9.29. The van der Waals surface area contributed by atoms with E-state index in [2.05, 4.69) is 39.0 Å². The van der Waals surface area contributed by atoms with Crippen molar-refractivity contribution >= 4 is 23.1 Å². The van der Waals surface area contributed by atoms with Gasteiger partial charge < -0.3 is 9.84 Å². The lowest BCUT2D eigenvalue weighted by Gasteiger charge is -2.30. The average molecular weight is 371 g/mol. The van der Waals surface area contributed by atoms with Crippen LogP contribution in [0.5, 0.6) is 0 Å². The third-order valence-corrected chi connectivity index (χ3v) is 7.12. The molecular formula is C22H26O3S. The summed E-state index contributed by atoms with van der Waals surface area (Å²) in [5.41, 5.74) is 4.13. The predicted octanol–water partition coefficient (Wildman–Crippen LogP) is 4.55. The number of allylic oxidation sites excluding steroid dienone is 1. The summed E-state index contributed by atoms with van der Waals surface area (Å²) in [5.74, 6) is 0.476. The van der Waals surface area contributed by atoms with Gasteiger partial charge >= 0.3 is 0 Å². The van der Waals surface area contributed by atoms with Crippen LogP contribution < -0.4 is 0 Å². The number of hydrogen-bond donors (Lipinski definition) is 1. The van der Waals surface area contributed by atoms with Gasteiger partial charge in [0.1, 0.15) is 11.4 Å². The van der Waals surface area contributed by atoms with Crippen LogP contribution in [-0.4, -0.2) is 33.6 Å². The van der Waals surface area contributed by atoms with E-state index in [0.717, 1.165) is 22.4 Å². The quantitative estimate of drug-likeness (QED) is 0.790. The summed E-state index contributed by atoms with van der Waals surface area (Å²) in [6, 6.07) is 4.16. The van der Waals surface area contributed by atoms with E-state index in [1.807, 2.05) is 31.7 Å². The highest BCUT2D eigenvalue weighted by Gasteiger charge is 2.64. The molecule has 1 saturated heterocycles. The third-order valence-electron chi connectivity index (χ3n) is 5.83. The molecule has 0 radical (unpaired) electrons. The molecule has 1 aromatic carbocycles. The summed E-state index contributed by atoms with van der Waals surface area (Å²) in [6.45, 7) is 10.4. The van der Waals surface area contributed by atoms with E-state index in [0.29, 0.717) is 10.8 Å². The first kappa shape index (κ1) is 17.9. The van der Waals surface area contributed by atoms with Gasteiger partial charge in [0.2, 0.25) is 0 Å². The maximum Gasteiger partial charge on any atom is 0.173 e. The second kappa shape index (κ2) is 6.00. The number of fused-ring (bicyclic) bond motifs is 5. The highest BCUT2D eigenvalue weighted by atomic mass is 32.2. The molecule has 2 heterocycles. The number of thioether (sulfide) groups is 1. The van der Waals surface area contributed by atoms with Gasteiger partial charge in [0, 0.05) is 5.75 Å². The Bertz CT molecular complexity index is 828. The Kier molecular flexibility index (Phi) is 4.12. The van der Waals surface area contributed by atoms with E-state index in [4.69, 9.17) is 4.74 Å². The van der Waals surface area contributed by atoms with Crippen molar-refractivity contribution in [2.75, 3.05) is 5.75 Å². The molecule has 0 amide bonds. The molecule has 4 atom stereocenters. The topological polar surface area (TPSA) is 46.5 Å². The van der Waals surface area contributed by atoms with Crippen LogP contribution in [0.1, 0.15) is 36.1 Å². The molecular weight excluding hydrogens is 344 g/mol. The summed E-state index contributed by atoms with van der Waals surface area (Å²) in [7, 11) is 0. The first-order valence-corrected chi connectivity index (χ1v) is 10.3. The van der Waals surface area contributed by atoms with Crippen molar-refractivity contribution in [3.05, 3.63) is 52.3 Å². The van der Waals surface area contributed by atoms with E-state index >= 15 is 0 Å². The fraction of sp³-hybridized carbons (Fsp3) is 0.500. The number of aliphatic hydroxyl groups excluding tert-OH is 1. The minimum absolute atomic E-state index is 0.0355. The van der Waals surface area contributed by atoms with Gasteiger partial charge in [-0.15, -0.1) is 0 Å². The third kappa shape index (κ3) is 2.42. The molecule has 3 aliphatic rings. The number of aliphatic hydroxyl groups is 1. The van der Waals surface area contributed by atoms with Crippen LogP contribution in [0.3, 0.4) is 0 Å². The maximum absolute atomic E-state index is 13.3. The van der Waals surface area contributed by atoms with E-state index < -0.39 is 5.60 Å². The monoisotopic (exact) mass is 370 g/mol. The molecule has 0 spiro atoms. The first-order chi connectivity index (χ1) is 12.2. The average Bonchev–Trinajstić information content (AvgIpc) is 3.18. The summed E-state index contributed by atoms with van der Waals surface area (Å²) in [4.78, 5) is 13.3. The van der Waals surface area contributed by atoms with Gasteiger partial charge in [0.05, 0.1) is 23.5 Å². The van der Waals surface area contributed by atoms with Crippen LogP contribution in [0.4, 0.5) is 0 Å². The molecule has 4 heteroatoms. The van der Waals surface area contributed by atoms with Gasteiger partial charge in [-0.2, -0.15) is 11.8 Å². The number of ketones is 1. The van der Waals surface area contributed by atoms with E-state index in [9.17, 15) is 9.90 Å². The smallest absolute Gasteiger partial charge is 0.173 e. The molecule has 1 aliphatic carbocycles. The van der Waals surface area contributed by atoms with E-state index in [1.54, 1.807) is 0 Å². The zero-order valence-electron chi connectivity index (χ0n) is 16.0. The second-order valence-electron chi connectivity index (χ2n) is 8.16. The number of carbonyl (C=O) groups excluding carboxylic acids is 1. The Morgan fingerprint density at radius 2 is 1.88 bits per heavy atom. The molecule has 26 heavy (non-hydrogen) atoms. The fourth-order valence-corrected chi connectivity index (χ4v) is 5.84. The Labute approximate surface area is 159 Å².